The van der Waals surface area contributed by atoms with Crippen LogP contribution in [0, 0.1) is 12.8 Å². The molecule has 1 aromatic rings. The van der Waals surface area contributed by atoms with E-state index >= 15 is 0 Å². The number of thiazole rings is 1. The lowest BCUT2D eigenvalue weighted by molar-refractivity contribution is 0.0929. The van der Waals surface area contributed by atoms with Gasteiger partial charge in [-0.25, -0.2) is 17.7 Å². The van der Waals surface area contributed by atoms with E-state index in [4.69, 9.17) is 4.74 Å². The Balaban J connectivity index is 2.03. The molecular weight excluding hydrogens is 314 g/mol. The first kappa shape index (κ1) is 16.3. The van der Waals surface area contributed by atoms with Crippen LogP contribution in [0.3, 0.4) is 0 Å². The zero-order chi connectivity index (χ0) is 15.6. The summed E-state index contributed by atoms with van der Waals surface area (Å²) in [6.07, 6.45) is 0. The highest BCUT2D eigenvalue weighted by atomic mass is 32.2. The fourth-order valence-corrected chi connectivity index (χ4v) is 3.97. The predicted molar refractivity (Wildman–Crippen MR) is 79.9 cm³/mol. The number of nitrogens with one attached hydrogen (secondary N) is 1. The average Bonchev–Trinajstić information content (AvgIpc) is 2.98. The summed E-state index contributed by atoms with van der Waals surface area (Å²) in [6.45, 7) is 2.43. The zero-order valence-corrected chi connectivity index (χ0v) is 13.8. The maximum absolute atomic E-state index is 12.2. The van der Waals surface area contributed by atoms with Gasteiger partial charge in [-0.05, 0) is 6.92 Å². The fourth-order valence-electron chi connectivity index (χ4n) is 2.10. The van der Waals surface area contributed by atoms with Crippen molar-refractivity contribution in [3.8, 4) is 0 Å². The van der Waals surface area contributed by atoms with Crippen LogP contribution in [0.1, 0.15) is 15.4 Å². The fraction of sp³-hybridized carbons (Fsp3) is 0.667. The van der Waals surface area contributed by atoms with Crippen LogP contribution >= 0.6 is 11.3 Å². The van der Waals surface area contributed by atoms with E-state index in [1.54, 1.807) is 12.4 Å². The molecule has 1 N–H and O–H groups in total. The average molecular weight is 333 g/mol. The van der Waals surface area contributed by atoms with Gasteiger partial charge in [-0.15, -0.1) is 11.3 Å². The molecule has 7 nitrogen and oxygen atoms in total. The van der Waals surface area contributed by atoms with E-state index in [2.05, 4.69) is 10.3 Å². The Morgan fingerprint density at radius 3 is 2.81 bits per heavy atom. The maximum Gasteiger partial charge on any atom is 0.263 e. The van der Waals surface area contributed by atoms with Gasteiger partial charge >= 0.3 is 0 Å². The Kier molecular flexibility index (Phi) is 4.97. The summed E-state index contributed by atoms with van der Waals surface area (Å²) in [5, 5.41) is 2.86. The number of aryl methyl sites for hydroxylation is 1. The topological polar surface area (TPSA) is 88.6 Å². The molecule has 2 heterocycles. The second-order valence-corrected chi connectivity index (χ2v) is 8.29. The highest BCUT2D eigenvalue weighted by molar-refractivity contribution is 7.89. The van der Waals surface area contributed by atoms with Crippen LogP contribution < -0.4 is 5.32 Å². The molecule has 21 heavy (non-hydrogen) atoms. The summed E-state index contributed by atoms with van der Waals surface area (Å²) < 4.78 is 30.4. The molecule has 0 radical (unpaired) electrons. The third-order valence-electron chi connectivity index (χ3n) is 3.45. The quantitative estimate of drug-likeness (QED) is 0.825. The second kappa shape index (κ2) is 6.39. The number of carbonyl (C=O) groups is 1. The van der Waals surface area contributed by atoms with Crippen LogP contribution in [0.4, 0.5) is 0 Å². The van der Waals surface area contributed by atoms with Crippen molar-refractivity contribution in [2.75, 3.05) is 33.1 Å². The first-order valence-electron chi connectivity index (χ1n) is 6.50. The van der Waals surface area contributed by atoms with Gasteiger partial charge in [-0.2, -0.15) is 0 Å². The summed E-state index contributed by atoms with van der Waals surface area (Å²) >= 11 is 1.27. The van der Waals surface area contributed by atoms with Crippen molar-refractivity contribution < 1.29 is 17.9 Å². The van der Waals surface area contributed by atoms with Gasteiger partial charge < -0.3 is 10.1 Å². The number of ether oxygens (including phenoxy) is 1. The molecule has 2 unspecified atom stereocenters. The molecule has 1 aliphatic rings. The van der Waals surface area contributed by atoms with Gasteiger partial charge in [0.2, 0.25) is 10.0 Å². The molecule has 1 aliphatic heterocycles. The largest absolute Gasteiger partial charge is 0.379 e. The number of sulfonamides is 1. The SMILES string of the molecule is Cc1ncsc1C(=O)NC1COCC1CS(=O)(=O)N(C)C. The Labute approximate surface area is 128 Å². The number of hydrogen-bond donors (Lipinski definition) is 1. The second-order valence-electron chi connectivity index (χ2n) is 5.21. The van der Waals surface area contributed by atoms with Gasteiger partial charge in [-0.3, -0.25) is 4.79 Å². The molecule has 0 spiro atoms. The molecule has 0 saturated carbocycles. The molecular formula is C12H19N3O4S2. The van der Waals surface area contributed by atoms with Crippen LogP contribution in [0.15, 0.2) is 5.51 Å². The highest BCUT2D eigenvalue weighted by Gasteiger charge is 2.34. The Bertz CT molecular complexity index is 612. The molecule has 2 atom stereocenters. The Morgan fingerprint density at radius 1 is 1.52 bits per heavy atom. The summed E-state index contributed by atoms with van der Waals surface area (Å²) in [5.41, 5.74) is 2.29. The van der Waals surface area contributed by atoms with Crippen LogP contribution in [0.5, 0.6) is 0 Å². The Morgan fingerprint density at radius 2 is 2.24 bits per heavy atom. The zero-order valence-electron chi connectivity index (χ0n) is 12.2. The predicted octanol–water partition coefficient (Wildman–Crippen LogP) is 0.0877. The van der Waals surface area contributed by atoms with Gasteiger partial charge in [0.05, 0.1) is 36.2 Å². The van der Waals surface area contributed by atoms with Gasteiger partial charge in [0.15, 0.2) is 0 Å². The molecule has 9 heteroatoms. The van der Waals surface area contributed by atoms with Crippen molar-refractivity contribution in [3.05, 3.63) is 16.1 Å². The van der Waals surface area contributed by atoms with Gasteiger partial charge in [0.1, 0.15) is 4.88 Å². The molecule has 0 aromatic carbocycles. The van der Waals surface area contributed by atoms with E-state index in [1.807, 2.05) is 0 Å². The third kappa shape index (κ3) is 3.79. The maximum atomic E-state index is 12.2. The molecule has 1 aromatic heterocycles. The smallest absolute Gasteiger partial charge is 0.263 e. The minimum absolute atomic E-state index is 0.0351. The highest BCUT2D eigenvalue weighted by Crippen LogP contribution is 2.19. The normalized spacial score (nSPS) is 22.7. The summed E-state index contributed by atoms with van der Waals surface area (Å²) in [7, 11) is -0.321. The van der Waals surface area contributed by atoms with E-state index < -0.39 is 10.0 Å². The summed E-state index contributed by atoms with van der Waals surface area (Å²) in [5.74, 6) is -0.501. The number of hydrogen-bond acceptors (Lipinski definition) is 6. The number of aromatic nitrogens is 1. The van der Waals surface area contributed by atoms with E-state index in [0.717, 1.165) is 0 Å². The minimum Gasteiger partial charge on any atom is -0.379 e. The number of nitrogens with zero attached hydrogens (tertiary/aromatic N) is 2. The van der Waals surface area contributed by atoms with E-state index in [1.165, 1.54) is 29.7 Å². The third-order valence-corrected chi connectivity index (χ3v) is 6.34. The van der Waals surface area contributed by atoms with Crippen molar-refractivity contribution in [1.82, 2.24) is 14.6 Å². The lowest BCUT2D eigenvalue weighted by Gasteiger charge is -2.20. The van der Waals surface area contributed by atoms with E-state index in [0.29, 0.717) is 23.8 Å². The van der Waals surface area contributed by atoms with Crippen molar-refractivity contribution in [2.45, 2.75) is 13.0 Å². The number of rotatable bonds is 5. The van der Waals surface area contributed by atoms with Crippen LogP contribution in [0.2, 0.25) is 0 Å². The molecule has 1 saturated heterocycles. The van der Waals surface area contributed by atoms with Crippen molar-refractivity contribution in [1.29, 1.82) is 0 Å². The van der Waals surface area contributed by atoms with E-state index in [9.17, 15) is 13.2 Å². The van der Waals surface area contributed by atoms with Gasteiger partial charge in [-0.1, -0.05) is 0 Å². The standard InChI is InChI=1S/C12H19N3O4S2/c1-8-11(20-7-13-8)12(16)14-10-5-19-4-9(10)6-21(17,18)15(2)3/h7,9-10H,4-6H2,1-3H3,(H,14,16). The minimum atomic E-state index is -3.32. The van der Waals surface area contributed by atoms with Crippen LogP contribution in [-0.4, -0.2) is 62.7 Å². The molecule has 1 fully saturated rings. The first-order chi connectivity index (χ1) is 9.81. The molecule has 0 aliphatic carbocycles. The van der Waals surface area contributed by atoms with Gasteiger partial charge in [0, 0.05) is 20.0 Å². The van der Waals surface area contributed by atoms with E-state index in [-0.39, 0.29) is 23.6 Å². The lowest BCUT2D eigenvalue weighted by atomic mass is 10.1. The van der Waals surface area contributed by atoms with Crippen LogP contribution in [0.25, 0.3) is 0 Å². The molecule has 0 bridgehead atoms. The summed E-state index contributed by atoms with van der Waals surface area (Å²) in [4.78, 5) is 16.8. The number of carbonyl (C=O) groups excluding carboxylic acids is 1. The van der Waals surface area contributed by atoms with Crippen molar-refractivity contribution in [3.63, 3.8) is 0 Å². The lowest BCUT2D eigenvalue weighted by Crippen LogP contribution is -2.43. The summed E-state index contributed by atoms with van der Waals surface area (Å²) in [6, 6.07) is -0.297. The van der Waals surface area contributed by atoms with Crippen molar-refractivity contribution >= 4 is 27.3 Å². The monoisotopic (exact) mass is 333 g/mol. The Hall–Kier alpha value is -1.03. The molecule has 2 rings (SSSR count). The first-order valence-corrected chi connectivity index (χ1v) is 8.99. The van der Waals surface area contributed by atoms with Crippen LogP contribution in [-0.2, 0) is 14.8 Å². The van der Waals surface area contributed by atoms with Gasteiger partial charge in [0.25, 0.3) is 5.91 Å². The molecule has 118 valence electrons. The van der Waals surface area contributed by atoms with Crippen molar-refractivity contribution in [2.24, 2.45) is 5.92 Å². The molecule has 1 amide bonds. The number of amides is 1.